The molecule has 4 heteroatoms. The molecule has 1 unspecified atom stereocenters. The molecule has 0 aliphatic heterocycles. The Morgan fingerprint density at radius 3 is 2.53 bits per heavy atom. The minimum atomic E-state index is 0.0286. The van der Waals surface area contributed by atoms with Crippen LogP contribution in [-0.4, -0.2) is 31.6 Å². The molecule has 0 saturated carbocycles. The van der Waals surface area contributed by atoms with Gasteiger partial charge >= 0.3 is 0 Å². The van der Waals surface area contributed by atoms with Crippen molar-refractivity contribution in [3.63, 3.8) is 0 Å². The topological polar surface area (TPSA) is 50.4 Å². The molecule has 1 atom stereocenters. The first kappa shape index (κ1) is 15.5. The molecule has 106 valence electrons. The van der Waals surface area contributed by atoms with Gasteiger partial charge in [0.05, 0.1) is 6.54 Å². The van der Waals surface area contributed by atoms with Crippen LogP contribution in [0.25, 0.3) is 0 Å². The highest BCUT2D eigenvalue weighted by atomic mass is 16.5. The second kappa shape index (κ2) is 8.53. The van der Waals surface area contributed by atoms with Gasteiger partial charge in [-0.25, -0.2) is 0 Å². The molecule has 0 aliphatic carbocycles. The van der Waals surface area contributed by atoms with Gasteiger partial charge in [0.2, 0.25) is 5.91 Å². The molecule has 0 heterocycles. The maximum Gasteiger partial charge on any atom is 0.234 e. The van der Waals surface area contributed by atoms with E-state index in [9.17, 15) is 4.79 Å². The van der Waals surface area contributed by atoms with Gasteiger partial charge in [-0.05, 0) is 25.0 Å². The van der Waals surface area contributed by atoms with Crippen LogP contribution in [0.15, 0.2) is 30.3 Å². The van der Waals surface area contributed by atoms with Crippen LogP contribution in [0.1, 0.15) is 20.8 Å². The number of rotatable bonds is 8. The Morgan fingerprint density at radius 1 is 1.21 bits per heavy atom. The zero-order valence-corrected chi connectivity index (χ0v) is 12.0. The van der Waals surface area contributed by atoms with Crippen LogP contribution in [-0.2, 0) is 4.79 Å². The highest BCUT2D eigenvalue weighted by Crippen LogP contribution is 2.07. The SMILES string of the molecule is CC(C)C(C)NC(=O)CNCCOc1ccccc1. The molecule has 0 aromatic heterocycles. The quantitative estimate of drug-likeness (QED) is 0.704. The smallest absolute Gasteiger partial charge is 0.234 e. The number of carbonyl (C=O) groups is 1. The average Bonchev–Trinajstić information content (AvgIpc) is 2.39. The van der Waals surface area contributed by atoms with Gasteiger partial charge in [0, 0.05) is 12.6 Å². The van der Waals surface area contributed by atoms with Gasteiger partial charge in [0.15, 0.2) is 0 Å². The van der Waals surface area contributed by atoms with Gasteiger partial charge in [0.1, 0.15) is 12.4 Å². The number of hydrogen-bond acceptors (Lipinski definition) is 3. The van der Waals surface area contributed by atoms with E-state index in [1.807, 2.05) is 37.3 Å². The van der Waals surface area contributed by atoms with E-state index in [0.717, 1.165) is 5.75 Å². The second-order valence-electron chi connectivity index (χ2n) is 4.94. The van der Waals surface area contributed by atoms with Crippen LogP contribution in [0.5, 0.6) is 5.75 Å². The van der Waals surface area contributed by atoms with Gasteiger partial charge in [-0.15, -0.1) is 0 Å². The molecule has 0 fully saturated rings. The van der Waals surface area contributed by atoms with Crippen molar-refractivity contribution in [3.8, 4) is 5.75 Å². The summed E-state index contributed by atoms with van der Waals surface area (Å²) >= 11 is 0. The van der Waals surface area contributed by atoms with Crippen molar-refractivity contribution in [2.24, 2.45) is 5.92 Å². The number of nitrogens with one attached hydrogen (secondary N) is 2. The Bertz CT molecular complexity index is 366. The van der Waals surface area contributed by atoms with Crippen molar-refractivity contribution in [2.45, 2.75) is 26.8 Å². The summed E-state index contributed by atoms with van der Waals surface area (Å²) in [4.78, 5) is 11.6. The molecule has 1 amide bonds. The molecule has 0 aliphatic rings. The molecular formula is C15H24N2O2. The number of amides is 1. The lowest BCUT2D eigenvalue weighted by Gasteiger charge is -2.17. The first-order valence-corrected chi connectivity index (χ1v) is 6.77. The monoisotopic (exact) mass is 264 g/mol. The number of carbonyl (C=O) groups excluding carboxylic acids is 1. The molecule has 0 saturated heterocycles. The summed E-state index contributed by atoms with van der Waals surface area (Å²) < 4.78 is 5.51. The summed E-state index contributed by atoms with van der Waals surface area (Å²) in [6.07, 6.45) is 0. The third-order valence-corrected chi connectivity index (χ3v) is 2.96. The minimum Gasteiger partial charge on any atom is -0.492 e. The van der Waals surface area contributed by atoms with Gasteiger partial charge in [-0.3, -0.25) is 4.79 Å². The van der Waals surface area contributed by atoms with E-state index < -0.39 is 0 Å². The Hall–Kier alpha value is -1.55. The van der Waals surface area contributed by atoms with Crippen LogP contribution in [0, 0.1) is 5.92 Å². The highest BCUT2D eigenvalue weighted by Gasteiger charge is 2.09. The van der Waals surface area contributed by atoms with Crippen molar-refractivity contribution in [3.05, 3.63) is 30.3 Å². The Balaban J connectivity index is 2.06. The molecule has 1 rings (SSSR count). The number of hydrogen-bond donors (Lipinski definition) is 2. The third kappa shape index (κ3) is 6.82. The van der Waals surface area contributed by atoms with Crippen molar-refractivity contribution in [2.75, 3.05) is 19.7 Å². The van der Waals surface area contributed by atoms with E-state index in [-0.39, 0.29) is 11.9 Å². The molecule has 19 heavy (non-hydrogen) atoms. The largest absolute Gasteiger partial charge is 0.492 e. The number of ether oxygens (including phenoxy) is 1. The van der Waals surface area contributed by atoms with Crippen LogP contribution < -0.4 is 15.4 Å². The van der Waals surface area contributed by atoms with E-state index in [0.29, 0.717) is 25.6 Å². The molecule has 1 aromatic rings. The fourth-order valence-electron chi connectivity index (χ4n) is 1.43. The van der Waals surface area contributed by atoms with Crippen LogP contribution in [0.4, 0.5) is 0 Å². The van der Waals surface area contributed by atoms with Crippen molar-refractivity contribution in [1.29, 1.82) is 0 Å². The lowest BCUT2D eigenvalue weighted by atomic mass is 10.1. The second-order valence-corrected chi connectivity index (χ2v) is 4.94. The lowest BCUT2D eigenvalue weighted by molar-refractivity contribution is -0.121. The zero-order valence-electron chi connectivity index (χ0n) is 12.0. The van der Waals surface area contributed by atoms with Crippen molar-refractivity contribution in [1.82, 2.24) is 10.6 Å². The lowest BCUT2D eigenvalue weighted by Crippen LogP contribution is -2.42. The maximum absolute atomic E-state index is 11.6. The Kier molecular flexibility index (Phi) is 6.97. The Labute approximate surface area is 115 Å². The average molecular weight is 264 g/mol. The van der Waals surface area contributed by atoms with Gasteiger partial charge < -0.3 is 15.4 Å². The maximum atomic E-state index is 11.6. The van der Waals surface area contributed by atoms with Crippen molar-refractivity contribution >= 4 is 5.91 Å². The molecule has 0 radical (unpaired) electrons. The third-order valence-electron chi connectivity index (χ3n) is 2.96. The van der Waals surface area contributed by atoms with Gasteiger partial charge in [0.25, 0.3) is 0 Å². The molecule has 0 bridgehead atoms. The number of para-hydroxylation sites is 1. The van der Waals surface area contributed by atoms with Crippen molar-refractivity contribution < 1.29 is 9.53 Å². The zero-order chi connectivity index (χ0) is 14.1. The summed E-state index contributed by atoms with van der Waals surface area (Å²) in [6.45, 7) is 7.73. The normalized spacial score (nSPS) is 12.2. The van der Waals surface area contributed by atoms with E-state index in [2.05, 4.69) is 24.5 Å². The fourth-order valence-corrected chi connectivity index (χ4v) is 1.43. The molecule has 4 nitrogen and oxygen atoms in total. The predicted octanol–water partition coefficient (Wildman–Crippen LogP) is 1.82. The first-order chi connectivity index (χ1) is 9.09. The summed E-state index contributed by atoms with van der Waals surface area (Å²) in [7, 11) is 0. The van der Waals surface area contributed by atoms with E-state index in [4.69, 9.17) is 4.74 Å². The van der Waals surface area contributed by atoms with Gasteiger partial charge in [-0.1, -0.05) is 32.0 Å². The molecule has 0 spiro atoms. The standard InChI is InChI=1S/C15H24N2O2/c1-12(2)13(3)17-15(18)11-16-9-10-19-14-7-5-4-6-8-14/h4-8,12-13,16H,9-11H2,1-3H3,(H,17,18). The van der Waals surface area contributed by atoms with Crippen LogP contribution >= 0.6 is 0 Å². The van der Waals surface area contributed by atoms with E-state index >= 15 is 0 Å². The fraction of sp³-hybridized carbons (Fsp3) is 0.533. The van der Waals surface area contributed by atoms with Crippen LogP contribution in [0.2, 0.25) is 0 Å². The number of benzene rings is 1. The van der Waals surface area contributed by atoms with Crippen LogP contribution in [0.3, 0.4) is 0 Å². The highest BCUT2D eigenvalue weighted by molar-refractivity contribution is 5.78. The Morgan fingerprint density at radius 2 is 1.89 bits per heavy atom. The van der Waals surface area contributed by atoms with Gasteiger partial charge in [-0.2, -0.15) is 0 Å². The summed E-state index contributed by atoms with van der Waals surface area (Å²) in [5, 5.41) is 6.01. The van der Waals surface area contributed by atoms with E-state index in [1.165, 1.54) is 0 Å². The molecular weight excluding hydrogens is 240 g/mol. The summed E-state index contributed by atoms with van der Waals surface area (Å²) in [6, 6.07) is 9.85. The molecule has 2 N–H and O–H groups in total. The molecule has 1 aromatic carbocycles. The minimum absolute atomic E-state index is 0.0286. The predicted molar refractivity (Wildman–Crippen MR) is 77.2 cm³/mol. The summed E-state index contributed by atoms with van der Waals surface area (Å²) in [5.74, 6) is 1.33. The van der Waals surface area contributed by atoms with E-state index in [1.54, 1.807) is 0 Å². The summed E-state index contributed by atoms with van der Waals surface area (Å²) in [5.41, 5.74) is 0. The first-order valence-electron chi connectivity index (χ1n) is 6.77.